The second kappa shape index (κ2) is 7.98. The molecule has 22 heavy (non-hydrogen) atoms. The largest absolute Gasteiger partial charge is 0.464 e. The van der Waals surface area contributed by atoms with E-state index < -0.39 is 24.2 Å². The second-order valence-corrected chi connectivity index (χ2v) is 4.59. The highest BCUT2D eigenvalue weighted by Crippen LogP contribution is 2.39. The Morgan fingerprint density at radius 3 is 2.36 bits per heavy atom. The molecule has 1 unspecified atom stereocenters. The number of ether oxygens (including phenoxy) is 2. The third-order valence-corrected chi connectivity index (χ3v) is 3.03. The van der Waals surface area contributed by atoms with E-state index in [1.54, 1.807) is 37.3 Å². The standard InChI is InChI=1S/C16H19F3O3/c1-3-5-11-15(16(17,18)19,14(20)21-4-2)22-12-13-9-7-6-8-10-13/h3,5-10H,4,11-12H2,1-2H3/b5-3+. The molecule has 0 aliphatic carbocycles. The Bertz CT molecular complexity index is 497. The van der Waals surface area contributed by atoms with Crippen molar-refractivity contribution in [3.05, 3.63) is 48.0 Å². The predicted molar refractivity (Wildman–Crippen MR) is 76.1 cm³/mol. The fourth-order valence-corrected chi connectivity index (χ4v) is 1.83. The maximum Gasteiger partial charge on any atom is 0.428 e. The Morgan fingerprint density at radius 1 is 1.23 bits per heavy atom. The summed E-state index contributed by atoms with van der Waals surface area (Å²) in [5.41, 5.74) is -2.45. The van der Waals surface area contributed by atoms with Crippen molar-refractivity contribution in [2.45, 2.75) is 38.7 Å². The lowest BCUT2D eigenvalue weighted by atomic mass is 9.98. The molecule has 122 valence electrons. The van der Waals surface area contributed by atoms with Gasteiger partial charge in [-0.15, -0.1) is 0 Å². The van der Waals surface area contributed by atoms with Crippen LogP contribution in [0.15, 0.2) is 42.5 Å². The summed E-state index contributed by atoms with van der Waals surface area (Å²) >= 11 is 0. The molecule has 0 saturated heterocycles. The number of hydrogen-bond acceptors (Lipinski definition) is 3. The Labute approximate surface area is 127 Å². The van der Waals surface area contributed by atoms with E-state index in [-0.39, 0.29) is 13.2 Å². The summed E-state index contributed by atoms with van der Waals surface area (Å²) in [7, 11) is 0. The lowest BCUT2D eigenvalue weighted by molar-refractivity contribution is -0.279. The molecule has 0 fully saturated rings. The van der Waals surface area contributed by atoms with Gasteiger partial charge in [-0.2, -0.15) is 13.2 Å². The van der Waals surface area contributed by atoms with E-state index in [1.165, 1.54) is 19.1 Å². The van der Waals surface area contributed by atoms with E-state index in [9.17, 15) is 18.0 Å². The maximum absolute atomic E-state index is 13.5. The van der Waals surface area contributed by atoms with Crippen molar-refractivity contribution < 1.29 is 27.4 Å². The number of halogens is 3. The minimum atomic E-state index is -4.88. The van der Waals surface area contributed by atoms with Crippen molar-refractivity contribution in [3.63, 3.8) is 0 Å². The van der Waals surface area contributed by atoms with Crippen molar-refractivity contribution in [2.75, 3.05) is 6.61 Å². The van der Waals surface area contributed by atoms with Crippen LogP contribution in [-0.4, -0.2) is 24.4 Å². The maximum atomic E-state index is 13.5. The molecule has 0 radical (unpaired) electrons. The summed E-state index contributed by atoms with van der Waals surface area (Å²) < 4.78 is 50.2. The van der Waals surface area contributed by atoms with Crippen molar-refractivity contribution in [1.82, 2.24) is 0 Å². The van der Waals surface area contributed by atoms with Crippen LogP contribution in [0.25, 0.3) is 0 Å². The molecular formula is C16H19F3O3. The molecule has 0 bridgehead atoms. The zero-order chi connectivity index (χ0) is 16.6. The summed E-state index contributed by atoms with van der Waals surface area (Å²) in [6.45, 7) is 2.54. The van der Waals surface area contributed by atoms with Gasteiger partial charge in [0.2, 0.25) is 0 Å². The van der Waals surface area contributed by atoms with Crippen molar-refractivity contribution in [1.29, 1.82) is 0 Å². The summed E-state index contributed by atoms with van der Waals surface area (Å²) in [6.07, 6.45) is -2.83. The van der Waals surface area contributed by atoms with Gasteiger partial charge >= 0.3 is 12.1 Å². The van der Waals surface area contributed by atoms with E-state index in [0.29, 0.717) is 5.56 Å². The molecule has 0 saturated carbocycles. The number of benzene rings is 1. The van der Waals surface area contributed by atoms with Crippen LogP contribution in [0.4, 0.5) is 13.2 Å². The first kappa shape index (κ1) is 18.2. The molecule has 1 rings (SSSR count). The van der Waals surface area contributed by atoms with Crippen LogP contribution in [0.1, 0.15) is 25.8 Å². The van der Waals surface area contributed by atoms with Gasteiger partial charge < -0.3 is 9.47 Å². The summed E-state index contributed by atoms with van der Waals surface area (Å²) in [4.78, 5) is 11.9. The summed E-state index contributed by atoms with van der Waals surface area (Å²) in [6, 6.07) is 8.37. The zero-order valence-corrected chi connectivity index (χ0v) is 12.5. The van der Waals surface area contributed by atoms with Gasteiger partial charge in [0.05, 0.1) is 13.2 Å². The van der Waals surface area contributed by atoms with Crippen LogP contribution in [0, 0.1) is 0 Å². The SMILES string of the molecule is C/C=C/CC(OCc1ccccc1)(C(=O)OCC)C(F)(F)F. The van der Waals surface area contributed by atoms with Crippen LogP contribution >= 0.6 is 0 Å². The van der Waals surface area contributed by atoms with Gasteiger partial charge in [0, 0.05) is 6.42 Å². The van der Waals surface area contributed by atoms with Crippen molar-refractivity contribution >= 4 is 5.97 Å². The molecule has 1 aromatic carbocycles. The molecule has 0 aliphatic rings. The van der Waals surface area contributed by atoms with Gasteiger partial charge in [-0.3, -0.25) is 0 Å². The van der Waals surface area contributed by atoms with Crippen LogP contribution in [0.5, 0.6) is 0 Å². The molecule has 0 heterocycles. The molecule has 1 atom stereocenters. The Morgan fingerprint density at radius 2 is 1.86 bits per heavy atom. The topological polar surface area (TPSA) is 35.5 Å². The zero-order valence-electron chi connectivity index (χ0n) is 12.5. The van der Waals surface area contributed by atoms with E-state index in [0.717, 1.165) is 0 Å². The second-order valence-electron chi connectivity index (χ2n) is 4.59. The van der Waals surface area contributed by atoms with E-state index >= 15 is 0 Å². The molecular weight excluding hydrogens is 297 g/mol. The molecule has 6 heteroatoms. The van der Waals surface area contributed by atoms with E-state index in [4.69, 9.17) is 4.74 Å². The van der Waals surface area contributed by atoms with Gasteiger partial charge in [-0.05, 0) is 19.4 Å². The minimum absolute atomic E-state index is 0.152. The molecule has 0 amide bonds. The molecule has 0 N–H and O–H groups in total. The highest BCUT2D eigenvalue weighted by Gasteiger charge is 2.62. The highest BCUT2D eigenvalue weighted by atomic mass is 19.4. The number of allylic oxidation sites excluding steroid dienone is 1. The van der Waals surface area contributed by atoms with Gasteiger partial charge in [-0.1, -0.05) is 42.5 Å². The van der Waals surface area contributed by atoms with Gasteiger partial charge in [0.1, 0.15) is 0 Å². The quantitative estimate of drug-likeness (QED) is 0.563. The van der Waals surface area contributed by atoms with E-state index in [1.807, 2.05) is 0 Å². The molecule has 1 aromatic rings. The Balaban J connectivity index is 3.08. The molecule has 0 spiro atoms. The molecule has 3 nitrogen and oxygen atoms in total. The predicted octanol–water partition coefficient (Wildman–Crippen LogP) is 4.03. The van der Waals surface area contributed by atoms with Crippen molar-refractivity contribution in [3.8, 4) is 0 Å². The Kier molecular flexibility index (Phi) is 6.61. The number of carbonyl (C=O) groups excluding carboxylic acids is 1. The van der Waals surface area contributed by atoms with Crippen LogP contribution in [0.2, 0.25) is 0 Å². The summed E-state index contributed by atoms with van der Waals surface area (Å²) in [5.74, 6) is -1.42. The normalized spacial score (nSPS) is 14.8. The lowest BCUT2D eigenvalue weighted by Crippen LogP contribution is -2.54. The van der Waals surface area contributed by atoms with Crippen LogP contribution in [0.3, 0.4) is 0 Å². The first-order chi connectivity index (χ1) is 10.4. The Hall–Kier alpha value is -1.82. The lowest BCUT2D eigenvalue weighted by Gasteiger charge is -2.32. The fraction of sp³-hybridized carbons (Fsp3) is 0.438. The van der Waals surface area contributed by atoms with Gasteiger partial charge in [-0.25, -0.2) is 4.79 Å². The van der Waals surface area contributed by atoms with Crippen LogP contribution < -0.4 is 0 Å². The van der Waals surface area contributed by atoms with Gasteiger partial charge in [0.15, 0.2) is 0 Å². The highest BCUT2D eigenvalue weighted by molar-refractivity contribution is 5.81. The number of hydrogen-bond donors (Lipinski definition) is 0. The van der Waals surface area contributed by atoms with E-state index in [2.05, 4.69) is 4.74 Å². The summed E-state index contributed by atoms with van der Waals surface area (Å²) in [5, 5.41) is 0. The monoisotopic (exact) mass is 316 g/mol. The number of carbonyl (C=O) groups is 1. The number of rotatable bonds is 7. The first-order valence-electron chi connectivity index (χ1n) is 6.90. The minimum Gasteiger partial charge on any atom is -0.464 e. The third kappa shape index (κ3) is 4.34. The van der Waals surface area contributed by atoms with Crippen molar-refractivity contribution in [2.24, 2.45) is 0 Å². The fourth-order valence-electron chi connectivity index (χ4n) is 1.83. The smallest absolute Gasteiger partial charge is 0.428 e. The first-order valence-corrected chi connectivity index (χ1v) is 6.90. The molecule has 0 aliphatic heterocycles. The number of esters is 1. The third-order valence-electron chi connectivity index (χ3n) is 3.03. The average molecular weight is 316 g/mol. The average Bonchev–Trinajstić information content (AvgIpc) is 2.47. The number of alkyl halides is 3. The van der Waals surface area contributed by atoms with Crippen LogP contribution in [-0.2, 0) is 20.9 Å². The van der Waals surface area contributed by atoms with Gasteiger partial charge in [0.25, 0.3) is 5.60 Å². The molecule has 0 aromatic heterocycles.